The molecule has 1 aliphatic rings. The van der Waals surface area contributed by atoms with Crippen LogP contribution in [0.4, 0.5) is 23.3 Å². The third kappa shape index (κ3) is 4.90. The lowest BCUT2D eigenvalue weighted by molar-refractivity contribution is 0.244. The van der Waals surface area contributed by atoms with Gasteiger partial charge in [0, 0.05) is 31.9 Å². The molecule has 0 atom stereocenters. The molecule has 0 saturated carbocycles. The molecular weight excluding hydrogens is 402 g/mol. The number of halogens is 1. The summed E-state index contributed by atoms with van der Waals surface area (Å²) in [4.78, 5) is 17.7. The number of benzene rings is 2. The molecule has 0 spiro atoms. The standard InChI is InChI=1S/C21H24ClN7O/c1-30-16-8-6-15(7-9-16)29-12-10-28(11-13-29)14-19-25-20(23)27-21(26-19)24-18-5-3-2-4-17(18)22/h2-9H,10-14H2,1H3,(H3,23,24,25,26,27). The van der Waals surface area contributed by atoms with Crippen LogP contribution in [0.15, 0.2) is 48.5 Å². The number of nitrogens with one attached hydrogen (secondary N) is 1. The first-order valence-corrected chi connectivity index (χ1v) is 10.1. The van der Waals surface area contributed by atoms with E-state index in [0.29, 0.717) is 23.3 Å². The van der Waals surface area contributed by atoms with Crippen LogP contribution >= 0.6 is 11.6 Å². The van der Waals surface area contributed by atoms with Crippen molar-refractivity contribution >= 4 is 34.9 Å². The first kappa shape index (κ1) is 20.2. The fourth-order valence-corrected chi connectivity index (χ4v) is 3.59. The van der Waals surface area contributed by atoms with Crippen LogP contribution in [-0.4, -0.2) is 53.1 Å². The second-order valence-corrected chi connectivity index (χ2v) is 7.41. The Morgan fingerprint density at radius 2 is 1.73 bits per heavy atom. The summed E-state index contributed by atoms with van der Waals surface area (Å²) in [6.45, 7) is 4.28. The van der Waals surface area contributed by atoms with E-state index in [4.69, 9.17) is 22.1 Å². The Hall–Kier alpha value is -3.10. The summed E-state index contributed by atoms with van der Waals surface area (Å²) in [5, 5.41) is 3.71. The van der Waals surface area contributed by atoms with Crippen molar-refractivity contribution in [2.24, 2.45) is 0 Å². The third-order valence-electron chi connectivity index (χ3n) is 4.99. The maximum Gasteiger partial charge on any atom is 0.232 e. The van der Waals surface area contributed by atoms with Crippen LogP contribution in [0, 0.1) is 0 Å². The highest BCUT2D eigenvalue weighted by Crippen LogP contribution is 2.24. The molecule has 0 radical (unpaired) electrons. The minimum atomic E-state index is 0.187. The van der Waals surface area contributed by atoms with Crippen LogP contribution in [0.1, 0.15) is 5.82 Å². The molecule has 0 aliphatic carbocycles. The molecule has 1 fully saturated rings. The highest BCUT2D eigenvalue weighted by atomic mass is 35.5. The van der Waals surface area contributed by atoms with Gasteiger partial charge in [-0.05, 0) is 36.4 Å². The van der Waals surface area contributed by atoms with Crippen LogP contribution in [0.2, 0.25) is 5.02 Å². The van der Waals surface area contributed by atoms with Crippen molar-refractivity contribution in [1.29, 1.82) is 0 Å². The predicted octanol–water partition coefficient (Wildman–Crippen LogP) is 3.18. The van der Waals surface area contributed by atoms with Crippen molar-refractivity contribution in [2.45, 2.75) is 6.54 Å². The molecule has 0 bridgehead atoms. The first-order chi connectivity index (χ1) is 14.6. The number of rotatable bonds is 6. The third-order valence-corrected chi connectivity index (χ3v) is 5.32. The second-order valence-electron chi connectivity index (χ2n) is 7.00. The Morgan fingerprint density at radius 3 is 2.43 bits per heavy atom. The summed E-state index contributed by atoms with van der Waals surface area (Å²) in [5.41, 5.74) is 7.83. The minimum Gasteiger partial charge on any atom is -0.497 e. The van der Waals surface area contributed by atoms with Crippen LogP contribution in [0.5, 0.6) is 5.75 Å². The molecule has 3 aromatic rings. The van der Waals surface area contributed by atoms with Gasteiger partial charge in [0.2, 0.25) is 11.9 Å². The van der Waals surface area contributed by atoms with Gasteiger partial charge < -0.3 is 20.7 Å². The fourth-order valence-electron chi connectivity index (χ4n) is 3.40. The molecule has 1 aromatic heterocycles. The van der Waals surface area contributed by atoms with Crippen LogP contribution in [0.25, 0.3) is 0 Å². The van der Waals surface area contributed by atoms with E-state index in [9.17, 15) is 0 Å². The molecule has 0 unspecified atom stereocenters. The van der Waals surface area contributed by atoms with Crippen molar-refractivity contribution in [2.75, 3.05) is 49.2 Å². The van der Waals surface area contributed by atoms with Gasteiger partial charge in [-0.1, -0.05) is 23.7 Å². The quantitative estimate of drug-likeness (QED) is 0.622. The SMILES string of the molecule is COc1ccc(N2CCN(Cc3nc(N)nc(Nc4ccccc4Cl)n3)CC2)cc1. The number of piperazine rings is 1. The molecule has 1 aliphatic heterocycles. The molecule has 4 rings (SSSR count). The van der Waals surface area contributed by atoms with E-state index in [1.807, 2.05) is 30.3 Å². The zero-order valence-corrected chi connectivity index (χ0v) is 17.5. The zero-order valence-electron chi connectivity index (χ0n) is 16.8. The van der Waals surface area contributed by atoms with E-state index >= 15 is 0 Å². The van der Waals surface area contributed by atoms with Crippen molar-refractivity contribution < 1.29 is 4.74 Å². The number of nitrogen functional groups attached to an aromatic ring is 1. The summed E-state index contributed by atoms with van der Waals surface area (Å²) in [6, 6.07) is 15.6. The monoisotopic (exact) mass is 425 g/mol. The Kier molecular flexibility index (Phi) is 6.15. The smallest absolute Gasteiger partial charge is 0.232 e. The molecule has 9 heteroatoms. The van der Waals surface area contributed by atoms with Crippen molar-refractivity contribution in [3.63, 3.8) is 0 Å². The molecule has 1 saturated heterocycles. The van der Waals surface area contributed by atoms with E-state index in [1.165, 1.54) is 5.69 Å². The number of hydrogen-bond donors (Lipinski definition) is 2. The van der Waals surface area contributed by atoms with Gasteiger partial charge in [0.1, 0.15) is 11.6 Å². The van der Waals surface area contributed by atoms with E-state index in [0.717, 1.165) is 37.6 Å². The average Bonchev–Trinajstić information content (AvgIpc) is 2.76. The number of methoxy groups -OCH3 is 1. The molecule has 2 aromatic carbocycles. The van der Waals surface area contributed by atoms with Gasteiger partial charge in [-0.2, -0.15) is 15.0 Å². The number of hydrogen-bond acceptors (Lipinski definition) is 8. The molecule has 0 amide bonds. The molecular formula is C21H24ClN7O. The number of para-hydroxylation sites is 1. The van der Waals surface area contributed by atoms with Gasteiger partial charge >= 0.3 is 0 Å². The van der Waals surface area contributed by atoms with E-state index < -0.39 is 0 Å². The largest absolute Gasteiger partial charge is 0.497 e. The van der Waals surface area contributed by atoms with Crippen molar-refractivity contribution in [3.05, 3.63) is 59.4 Å². The molecule has 3 N–H and O–H groups in total. The Balaban J connectivity index is 1.38. The summed E-state index contributed by atoms with van der Waals surface area (Å²) in [6.07, 6.45) is 0. The van der Waals surface area contributed by atoms with Gasteiger partial charge in [-0.15, -0.1) is 0 Å². The number of anilines is 4. The molecule has 2 heterocycles. The lowest BCUT2D eigenvalue weighted by atomic mass is 10.2. The predicted molar refractivity (Wildman–Crippen MR) is 119 cm³/mol. The van der Waals surface area contributed by atoms with E-state index in [2.05, 4.69) is 42.2 Å². The van der Waals surface area contributed by atoms with E-state index in [-0.39, 0.29) is 5.95 Å². The number of nitrogens with two attached hydrogens (primary N) is 1. The van der Waals surface area contributed by atoms with Gasteiger partial charge in [0.05, 0.1) is 24.4 Å². The summed E-state index contributed by atoms with van der Waals surface area (Å²) in [7, 11) is 1.68. The number of aromatic nitrogens is 3. The van der Waals surface area contributed by atoms with Gasteiger partial charge in [-0.25, -0.2) is 0 Å². The van der Waals surface area contributed by atoms with Gasteiger partial charge in [0.25, 0.3) is 0 Å². The van der Waals surface area contributed by atoms with Gasteiger partial charge in [0.15, 0.2) is 0 Å². The summed E-state index contributed by atoms with van der Waals surface area (Å²) >= 11 is 6.21. The Morgan fingerprint density at radius 1 is 1.00 bits per heavy atom. The summed E-state index contributed by atoms with van der Waals surface area (Å²) < 4.78 is 5.23. The second kappa shape index (κ2) is 9.15. The molecule has 8 nitrogen and oxygen atoms in total. The summed E-state index contributed by atoms with van der Waals surface area (Å²) in [5.74, 6) is 2.08. The zero-order chi connectivity index (χ0) is 20.9. The topological polar surface area (TPSA) is 92.4 Å². The maximum absolute atomic E-state index is 6.21. The Bertz CT molecular complexity index is 991. The van der Waals surface area contributed by atoms with Crippen molar-refractivity contribution in [1.82, 2.24) is 19.9 Å². The average molecular weight is 426 g/mol. The molecule has 30 heavy (non-hydrogen) atoms. The lowest BCUT2D eigenvalue weighted by Crippen LogP contribution is -2.46. The Labute approximate surface area is 180 Å². The number of nitrogens with zero attached hydrogens (tertiary/aromatic N) is 5. The van der Waals surface area contributed by atoms with E-state index in [1.54, 1.807) is 13.2 Å². The van der Waals surface area contributed by atoms with Gasteiger partial charge in [-0.3, -0.25) is 4.90 Å². The normalized spacial score (nSPS) is 14.5. The maximum atomic E-state index is 6.21. The highest BCUT2D eigenvalue weighted by molar-refractivity contribution is 6.33. The highest BCUT2D eigenvalue weighted by Gasteiger charge is 2.19. The van der Waals surface area contributed by atoms with Crippen LogP contribution < -0.4 is 20.7 Å². The lowest BCUT2D eigenvalue weighted by Gasteiger charge is -2.35. The number of ether oxygens (including phenoxy) is 1. The minimum absolute atomic E-state index is 0.187. The fraction of sp³-hybridized carbons (Fsp3) is 0.286. The van der Waals surface area contributed by atoms with Crippen molar-refractivity contribution in [3.8, 4) is 5.75 Å². The van der Waals surface area contributed by atoms with Crippen LogP contribution in [0.3, 0.4) is 0 Å². The first-order valence-electron chi connectivity index (χ1n) is 9.74. The molecule has 156 valence electrons. The van der Waals surface area contributed by atoms with Crippen LogP contribution in [-0.2, 0) is 6.54 Å².